The average Bonchev–Trinajstić information content (AvgIpc) is 2.38. The van der Waals surface area contributed by atoms with Crippen molar-refractivity contribution >= 4 is 21.7 Å². The Kier molecular flexibility index (Phi) is 5.97. The zero-order valence-corrected chi connectivity index (χ0v) is 12.5. The predicted octanol–water partition coefficient (Wildman–Crippen LogP) is 1.20. The lowest BCUT2D eigenvalue weighted by Gasteiger charge is -2.08. The van der Waals surface area contributed by atoms with E-state index in [1.54, 1.807) is 19.9 Å². The summed E-state index contributed by atoms with van der Waals surface area (Å²) in [5.41, 5.74) is 6.95. The maximum absolute atomic E-state index is 12.0. The van der Waals surface area contributed by atoms with Gasteiger partial charge in [-0.3, -0.25) is 4.79 Å². The fourth-order valence-electron chi connectivity index (χ4n) is 1.54. The molecule has 112 valence electrons. The number of ether oxygens (including phenoxy) is 1. The number of hydrogen-bond donors (Lipinski definition) is 2. The summed E-state index contributed by atoms with van der Waals surface area (Å²) in [6.07, 6.45) is 0.575. The smallest absolute Gasteiger partial charge is 0.305 e. The SMILES string of the molecule is CCOC(=O)CCCNS(=O)(=O)c1ccc(C)c(N)c1. The molecule has 20 heavy (non-hydrogen) atoms. The molecule has 0 fully saturated rings. The maximum Gasteiger partial charge on any atom is 0.305 e. The van der Waals surface area contributed by atoms with Crippen LogP contribution in [-0.4, -0.2) is 27.5 Å². The molecule has 0 radical (unpaired) electrons. The summed E-state index contributed by atoms with van der Waals surface area (Å²) < 4.78 is 31.1. The van der Waals surface area contributed by atoms with Crippen molar-refractivity contribution in [3.8, 4) is 0 Å². The number of aryl methyl sites for hydroxylation is 1. The molecular weight excluding hydrogens is 280 g/mol. The van der Waals surface area contributed by atoms with E-state index >= 15 is 0 Å². The van der Waals surface area contributed by atoms with Crippen LogP contribution in [0.3, 0.4) is 0 Å². The van der Waals surface area contributed by atoms with Crippen molar-refractivity contribution < 1.29 is 17.9 Å². The van der Waals surface area contributed by atoms with Gasteiger partial charge in [0.2, 0.25) is 10.0 Å². The number of benzene rings is 1. The van der Waals surface area contributed by atoms with Crippen LogP contribution in [0.5, 0.6) is 0 Å². The van der Waals surface area contributed by atoms with E-state index in [1.165, 1.54) is 12.1 Å². The topological polar surface area (TPSA) is 98.5 Å². The number of sulfonamides is 1. The third-order valence-corrected chi connectivity index (χ3v) is 4.17. The highest BCUT2D eigenvalue weighted by molar-refractivity contribution is 7.89. The van der Waals surface area contributed by atoms with Crippen molar-refractivity contribution in [3.05, 3.63) is 23.8 Å². The third kappa shape index (κ3) is 4.82. The molecule has 1 aromatic carbocycles. The van der Waals surface area contributed by atoms with Gasteiger partial charge < -0.3 is 10.5 Å². The first kappa shape index (κ1) is 16.5. The van der Waals surface area contributed by atoms with Crippen LogP contribution in [0.1, 0.15) is 25.3 Å². The quantitative estimate of drug-likeness (QED) is 0.448. The van der Waals surface area contributed by atoms with Crippen molar-refractivity contribution in [1.29, 1.82) is 0 Å². The number of rotatable bonds is 7. The summed E-state index contributed by atoms with van der Waals surface area (Å²) in [7, 11) is -3.59. The fourth-order valence-corrected chi connectivity index (χ4v) is 2.65. The molecule has 0 aliphatic heterocycles. The number of esters is 1. The highest BCUT2D eigenvalue weighted by Gasteiger charge is 2.14. The van der Waals surface area contributed by atoms with Crippen LogP contribution in [0, 0.1) is 6.92 Å². The maximum atomic E-state index is 12.0. The lowest BCUT2D eigenvalue weighted by atomic mass is 10.2. The van der Waals surface area contributed by atoms with Crippen LogP contribution in [0.25, 0.3) is 0 Å². The Morgan fingerprint density at radius 1 is 1.40 bits per heavy atom. The molecule has 6 nitrogen and oxygen atoms in total. The lowest BCUT2D eigenvalue weighted by Crippen LogP contribution is -2.25. The second kappa shape index (κ2) is 7.25. The molecule has 0 bridgehead atoms. The van der Waals surface area contributed by atoms with Crippen molar-refractivity contribution in [3.63, 3.8) is 0 Å². The van der Waals surface area contributed by atoms with E-state index in [4.69, 9.17) is 10.5 Å². The molecule has 0 spiro atoms. The third-order valence-electron chi connectivity index (χ3n) is 2.72. The Balaban J connectivity index is 2.53. The molecule has 0 amide bonds. The van der Waals surface area contributed by atoms with Gasteiger partial charge in [-0.2, -0.15) is 0 Å². The van der Waals surface area contributed by atoms with E-state index in [2.05, 4.69) is 4.72 Å². The van der Waals surface area contributed by atoms with Crippen LogP contribution in [0.15, 0.2) is 23.1 Å². The highest BCUT2D eigenvalue weighted by atomic mass is 32.2. The lowest BCUT2D eigenvalue weighted by molar-refractivity contribution is -0.143. The van der Waals surface area contributed by atoms with Gasteiger partial charge in [0.25, 0.3) is 0 Å². The fraction of sp³-hybridized carbons (Fsp3) is 0.462. The standard InChI is InChI=1S/C13H20N2O4S/c1-3-19-13(16)5-4-8-15-20(17,18)11-7-6-10(2)12(14)9-11/h6-7,9,15H,3-5,8,14H2,1-2H3. The molecule has 7 heteroatoms. The van der Waals surface area contributed by atoms with Crippen LogP contribution in [0.2, 0.25) is 0 Å². The summed E-state index contributed by atoms with van der Waals surface area (Å²) in [6.45, 7) is 4.03. The van der Waals surface area contributed by atoms with E-state index in [0.717, 1.165) is 5.56 Å². The number of nitrogens with two attached hydrogens (primary N) is 1. The molecule has 0 unspecified atom stereocenters. The largest absolute Gasteiger partial charge is 0.466 e. The summed E-state index contributed by atoms with van der Waals surface area (Å²) >= 11 is 0. The minimum absolute atomic E-state index is 0.122. The first-order chi connectivity index (χ1) is 9.36. The molecule has 0 saturated carbocycles. The average molecular weight is 300 g/mol. The van der Waals surface area contributed by atoms with Crippen LogP contribution < -0.4 is 10.5 Å². The Labute approximate surface area is 119 Å². The van der Waals surface area contributed by atoms with Crippen molar-refractivity contribution in [2.24, 2.45) is 0 Å². The molecule has 3 N–H and O–H groups in total. The molecule has 0 saturated heterocycles. The van der Waals surface area contributed by atoms with E-state index in [9.17, 15) is 13.2 Å². The summed E-state index contributed by atoms with van der Waals surface area (Å²) in [4.78, 5) is 11.2. The van der Waals surface area contributed by atoms with E-state index in [-0.39, 0.29) is 23.8 Å². The molecular formula is C13H20N2O4S. The summed E-state index contributed by atoms with van der Waals surface area (Å²) in [6, 6.07) is 4.57. The normalized spacial score (nSPS) is 11.3. The van der Waals surface area contributed by atoms with Gasteiger partial charge in [0.05, 0.1) is 11.5 Å². The number of nitrogens with one attached hydrogen (secondary N) is 1. The predicted molar refractivity (Wildman–Crippen MR) is 76.6 cm³/mol. The van der Waals surface area contributed by atoms with Crippen LogP contribution >= 0.6 is 0 Å². The van der Waals surface area contributed by atoms with Crippen molar-refractivity contribution in [1.82, 2.24) is 4.72 Å². The number of anilines is 1. The molecule has 0 heterocycles. The Bertz CT molecular complexity index is 570. The zero-order valence-electron chi connectivity index (χ0n) is 11.7. The number of carbonyl (C=O) groups excluding carboxylic acids is 1. The van der Waals surface area contributed by atoms with Crippen molar-refractivity contribution in [2.75, 3.05) is 18.9 Å². The van der Waals surface area contributed by atoms with E-state index in [1.807, 2.05) is 0 Å². The van der Waals surface area contributed by atoms with Gasteiger partial charge in [0.1, 0.15) is 0 Å². The van der Waals surface area contributed by atoms with Gasteiger partial charge in [-0.05, 0) is 38.0 Å². The number of hydrogen-bond acceptors (Lipinski definition) is 5. The summed E-state index contributed by atoms with van der Waals surface area (Å²) in [5, 5.41) is 0. The Morgan fingerprint density at radius 3 is 2.70 bits per heavy atom. The monoisotopic (exact) mass is 300 g/mol. The van der Waals surface area contributed by atoms with E-state index < -0.39 is 10.0 Å². The zero-order chi connectivity index (χ0) is 15.2. The van der Waals surface area contributed by atoms with Gasteiger partial charge in [0, 0.05) is 18.7 Å². The van der Waals surface area contributed by atoms with Gasteiger partial charge in [-0.25, -0.2) is 13.1 Å². The Morgan fingerprint density at radius 2 is 2.10 bits per heavy atom. The van der Waals surface area contributed by atoms with E-state index in [0.29, 0.717) is 18.7 Å². The molecule has 1 rings (SSSR count). The minimum atomic E-state index is -3.59. The first-order valence-electron chi connectivity index (χ1n) is 6.38. The molecule has 0 aliphatic rings. The first-order valence-corrected chi connectivity index (χ1v) is 7.86. The molecule has 1 aromatic rings. The number of carbonyl (C=O) groups is 1. The van der Waals surface area contributed by atoms with Gasteiger partial charge >= 0.3 is 5.97 Å². The van der Waals surface area contributed by atoms with Crippen molar-refractivity contribution in [2.45, 2.75) is 31.6 Å². The molecule has 0 aromatic heterocycles. The second-order valence-electron chi connectivity index (χ2n) is 4.32. The Hall–Kier alpha value is -1.60. The molecule has 0 aliphatic carbocycles. The number of nitrogen functional groups attached to an aromatic ring is 1. The van der Waals surface area contributed by atoms with Crippen LogP contribution in [0.4, 0.5) is 5.69 Å². The van der Waals surface area contributed by atoms with Gasteiger partial charge in [-0.15, -0.1) is 0 Å². The molecule has 0 atom stereocenters. The van der Waals surface area contributed by atoms with Crippen LogP contribution in [-0.2, 0) is 19.6 Å². The second-order valence-corrected chi connectivity index (χ2v) is 6.09. The minimum Gasteiger partial charge on any atom is -0.466 e. The van der Waals surface area contributed by atoms with Gasteiger partial charge in [0.15, 0.2) is 0 Å². The highest BCUT2D eigenvalue weighted by Crippen LogP contribution is 2.16. The van der Waals surface area contributed by atoms with Gasteiger partial charge in [-0.1, -0.05) is 6.07 Å². The summed E-state index contributed by atoms with van der Waals surface area (Å²) in [5.74, 6) is -0.328.